The molecular formula is C16H13I4NO4. The molecule has 0 fully saturated rings. The van der Waals surface area contributed by atoms with Crippen LogP contribution in [0.5, 0.6) is 17.2 Å². The van der Waals surface area contributed by atoms with E-state index in [9.17, 15) is 4.79 Å². The number of methoxy groups -OCH3 is 1. The van der Waals surface area contributed by atoms with Crippen LogP contribution in [0.15, 0.2) is 24.3 Å². The highest BCUT2D eigenvalue weighted by Crippen LogP contribution is 2.37. The molecule has 0 amide bonds. The van der Waals surface area contributed by atoms with Crippen molar-refractivity contribution in [2.45, 2.75) is 12.5 Å². The van der Waals surface area contributed by atoms with Crippen molar-refractivity contribution in [3.8, 4) is 17.2 Å². The van der Waals surface area contributed by atoms with Gasteiger partial charge in [-0.3, -0.25) is 4.79 Å². The average molecular weight is 791 g/mol. The maximum Gasteiger partial charge on any atom is 0.320 e. The van der Waals surface area contributed by atoms with Crippen molar-refractivity contribution < 1.29 is 19.4 Å². The lowest BCUT2D eigenvalue weighted by molar-refractivity contribution is -0.138. The first-order valence-electron chi connectivity index (χ1n) is 6.90. The summed E-state index contributed by atoms with van der Waals surface area (Å²) in [5.41, 5.74) is 6.49. The number of benzene rings is 2. The number of hydrogen-bond donors (Lipinski definition) is 2. The first-order valence-corrected chi connectivity index (χ1v) is 11.2. The Labute approximate surface area is 200 Å². The maximum absolute atomic E-state index is 10.9. The second-order valence-electron chi connectivity index (χ2n) is 5.06. The molecule has 0 saturated heterocycles. The van der Waals surface area contributed by atoms with Crippen LogP contribution >= 0.6 is 90.4 Å². The number of ether oxygens (including phenoxy) is 2. The minimum atomic E-state index is -1.01. The Kier molecular flexibility index (Phi) is 8.28. The fourth-order valence-corrected chi connectivity index (χ4v) is 6.35. The Balaban J connectivity index is 2.30. The Morgan fingerprint density at radius 2 is 1.52 bits per heavy atom. The van der Waals surface area contributed by atoms with Gasteiger partial charge in [-0.05, 0) is 127 Å². The van der Waals surface area contributed by atoms with Gasteiger partial charge in [0.15, 0.2) is 5.75 Å². The first-order chi connectivity index (χ1) is 11.7. The first kappa shape index (κ1) is 21.7. The zero-order valence-corrected chi connectivity index (χ0v) is 21.5. The molecule has 2 aromatic rings. The number of carboxylic acids is 1. The second kappa shape index (κ2) is 9.54. The van der Waals surface area contributed by atoms with Crippen molar-refractivity contribution in [2.24, 2.45) is 5.73 Å². The molecule has 2 rings (SSSR count). The van der Waals surface area contributed by atoms with Crippen molar-refractivity contribution in [1.82, 2.24) is 0 Å². The van der Waals surface area contributed by atoms with Gasteiger partial charge in [-0.15, -0.1) is 0 Å². The quantitative estimate of drug-likeness (QED) is 0.409. The van der Waals surface area contributed by atoms with Crippen LogP contribution in [0, 0.1) is 14.3 Å². The smallest absolute Gasteiger partial charge is 0.320 e. The number of halogens is 4. The van der Waals surface area contributed by atoms with Gasteiger partial charge in [0.25, 0.3) is 0 Å². The van der Waals surface area contributed by atoms with Gasteiger partial charge in [0.1, 0.15) is 17.5 Å². The van der Waals surface area contributed by atoms with Crippen LogP contribution in [-0.2, 0) is 11.2 Å². The van der Waals surface area contributed by atoms with Gasteiger partial charge in [-0.1, -0.05) is 0 Å². The Morgan fingerprint density at radius 3 is 1.96 bits per heavy atom. The van der Waals surface area contributed by atoms with Gasteiger partial charge in [0.2, 0.25) is 0 Å². The van der Waals surface area contributed by atoms with E-state index in [4.69, 9.17) is 20.3 Å². The summed E-state index contributed by atoms with van der Waals surface area (Å²) >= 11 is 8.80. The number of hydrogen-bond acceptors (Lipinski definition) is 4. The minimum absolute atomic E-state index is 0.278. The fraction of sp³-hybridized carbons (Fsp3) is 0.188. The molecule has 0 saturated carbocycles. The molecule has 0 radical (unpaired) electrons. The van der Waals surface area contributed by atoms with Crippen molar-refractivity contribution >= 4 is 96.3 Å². The van der Waals surface area contributed by atoms with Gasteiger partial charge >= 0.3 is 5.97 Å². The molecule has 25 heavy (non-hydrogen) atoms. The summed E-state index contributed by atoms with van der Waals surface area (Å²) in [6.45, 7) is 0. The Bertz CT molecular complexity index is 767. The highest BCUT2D eigenvalue weighted by atomic mass is 127. The summed E-state index contributed by atoms with van der Waals surface area (Å²) in [5.74, 6) is 1.29. The monoisotopic (exact) mass is 791 g/mol. The molecule has 0 aliphatic carbocycles. The van der Waals surface area contributed by atoms with Crippen LogP contribution in [0.2, 0.25) is 0 Å². The molecule has 0 bridgehead atoms. The molecule has 0 aromatic heterocycles. The predicted molar refractivity (Wildman–Crippen MR) is 130 cm³/mol. The van der Waals surface area contributed by atoms with Crippen molar-refractivity contribution in [2.75, 3.05) is 7.11 Å². The predicted octanol–water partition coefficient (Wildman–Crippen LogP) is 4.86. The topological polar surface area (TPSA) is 81.8 Å². The van der Waals surface area contributed by atoms with Crippen LogP contribution in [-0.4, -0.2) is 24.2 Å². The van der Waals surface area contributed by atoms with Gasteiger partial charge in [0.05, 0.1) is 21.4 Å². The van der Waals surface area contributed by atoms with E-state index in [1.807, 2.05) is 24.3 Å². The third-order valence-corrected chi connectivity index (χ3v) is 6.43. The van der Waals surface area contributed by atoms with Crippen LogP contribution < -0.4 is 15.2 Å². The van der Waals surface area contributed by atoms with Gasteiger partial charge in [-0.25, -0.2) is 0 Å². The third-order valence-electron chi connectivity index (χ3n) is 3.23. The zero-order valence-electron chi connectivity index (χ0n) is 12.9. The van der Waals surface area contributed by atoms with Crippen LogP contribution in [0.25, 0.3) is 0 Å². The molecule has 3 N–H and O–H groups in total. The number of aliphatic carboxylic acids is 1. The number of carbonyl (C=O) groups is 1. The molecule has 0 spiro atoms. The Hall–Kier alpha value is 0.390. The molecular weight excluding hydrogens is 778 g/mol. The standard InChI is InChI=1S/C16H13I4NO4/c1-24-14-11(19)5-8(6-12(14)20)25-15-9(17)2-7(3-10(15)18)4-13(21)16(22)23/h2-3,5-6,13H,4,21H2,1H3,(H,22,23)/t13-/m0/s1. The normalized spacial score (nSPS) is 11.9. The summed E-state index contributed by atoms with van der Waals surface area (Å²) < 4.78 is 15.2. The van der Waals surface area contributed by atoms with E-state index in [0.29, 0.717) is 0 Å². The minimum Gasteiger partial charge on any atom is -0.495 e. The molecule has 0 heterocycles. The Morgan fingerprint density at radius 1 is 1.04 bits per heavy atom. The number of carboxylic acid groups (broad SMARTS) is 1. The summed E-state index contributed by atoms with van der Waals surface area (Å²) in [4.78, 5) is 10.9. The lowest BCUT2D eigenvalue weighted by atomic mass is 10.1. The summed E-state index contributed by atoms with van der Waals surface area (Å²) in [6.07, 6.45) is 0.278. The van der Waals surface area contributed by atoms with E-state index < -0.39 is 12.0 Å². The van der Waals surface area contributed by atoms with E-state index in [2.05, 4.69) is 90.4 Å². The fourth-order valence-electron chi connectivity index (χ4n) is 2.08. The molecule has 0 aliphatic heterocycles. The van der Waals surface area contributed by atoms with E-state index in [0.717, 1.165) is 37.1 Å². The molecule has 0 unspecified atom stereocenters. The lowest BCUT2D eigenvalue weighted by Crippen LogP contribution is -2.32. The largest absolute Gasteiger partial charge is 0.495 e. The van der Waals surface area contributed by atoms with E-state index in [1.54, 1.807) is 7.11 Å². The van der Waals surface area contributed by atoms with Crippen molar-refractivity contribution in [1.29, 1.82) is 0 Å². The summed E-state index contributed by atoms with van der Waals surface area (Å²) in [5, 5.41) is 8.96. The van der Waals surface area contributed by atoms with E-state index in [1.165, 1.54) is 0 Å². The molecule has 0 aliphatic rings. The van der Waals surface area contributed by atoms with Gasteiger partial charge in [0, 0.05) is 0 Å². The van der Waals surface area contributed by atoms with Gasteiger partial charge < -0.3 is 20.3 Å². The van der Waals surface area contributed by atoms with Crippen molar-refractivity contribution in [3.63, 3.8) is 0 Å². The van der Waals surface area contributed by atoms with E-state index in [-0.39, 0.29) is 6.42 Å². The van der Waals surface area contributed by atoms with Crippen LogP contribution in [0.4, 0.5) is 0 Å². The summed E-state index contributed by atoms with van der Waals surface area (Å²) in [6, 6.07) is 6.73. The van der Waals surface area contributed by atoms with Gasteiger partial charge in [-0.2, -0.15) is 0 Å². The number of nitrogens with two attached hydrogens (primary N) is 1. The maximum atomic E-state index is 10.9. The highest BCUT2D eigenvalue weighted by molar-refractivity contribution is 14.1. The average Bonchev–Trinajstić information content (AvgIpc) is 2.50. The summed E-state index contributed by atoms with van der Waals surface area (Å²) in [7, 11) is 1.65. The molecule has 2 aromatic carbocycles. The van der Waals surface area contributed by atoms with Crippen molar-refractivity contribution in [3.05, 3.63) is 44.1 Å². The zero-order chi connectivity index (χ0) is 18.7. The van der Waals surface area contributed by atoms with Crippen LogP contribution in [0.3, 0.4) is 0 Å². The third kappa shape index (κ3) is 5.68. The lowest BCUT2D eigenvalue weighted by Gasteiger charge is -2.15. The highest BCUT2D eigenvalue weighted by Gasteiger charge is 2.17. The second-order valence-corrected chi connectivity index (χ2v) is 9.71. The number of rotatable bonds is 6. The molecule has 5 nitrogen and oxygen atoms in total. The van der Waals surface area contributed by atoms with Crippen LogP contribution in [0.1, 0.15) is 5.56 Å². The molecule has 1 atom stereocenters. The SMILES string of the molecule is COc1c(I)cc(Oc2c(I)cc(C[C@H](N)C(=O)O)cc2I)cc1I. The molecule has 9 heteroatoms. The van der Waals surface area contributed by atoms with E-state index >= 15 is 0 Å². The molecule has 134 valence electrons.